The Bertz CT molecular complexity index is 287. The molecule has 0 aliphatic rings. The topological polar surface area (TPSA) is 29.5 Å². The van der Waals surface area contributed by atoms with Crippen LogP contribution in [0.1, 0.15) is 32.8 Å². The van der Waals surface area contributed by atoms with Gasteiger partial charge in [-0.3, -0.25) is 0 Å². The summed E-state index contributed by atoms with van der Waals surface area (Å²) in [6.45, 7) is 7.20. The molecule has 1 rings (SSSR count). The van der Waals surface area contributed by atoms with Crippen LogP contribution in [-0.2, 0) is 11.3 Å². The average Bonchev–Trinajstić information content (AvgIpc) is 2.39. The standard InChI is InChI=1S/C15H24O2/c1-4-12(2)15(13(3)10-16)17-11-14-8-6-5-7-9-14/h5-9,12-13,15-16H,4,10-11H2,1-3H3/t12-,13-,15+/m0/s1/i10+2. The summed E-state index contributed by atoms with van der Waals surface area (Å²) in [7, 11) is 0. The number of ether oxygens (including phenoxy) is 1. The first kappa shape index (κ1) is 14.2. The van der Waals surface area contributed by atoms with Gasteiger partial charge in [0.15, 0.2) is 0 Å². The lowest BCUT2D eigenvalue weighted by molar-refractivity contribution is -0.0423. The maximum atomic E-state index is 9.27. The van der Waals surface area contributed by atoms with Crippen LogP contribution in [0.25, 0.3) is 0 Å². The molecular formula is C15H24O2. The third-order valence-corrected chi connectivity index (χ3v) is 3.34. The van der Waals surface area contributed by atoms with Crippen LogP contribution in [0.2, 0.25) is 0 Å². The van der Waals surface area contributed by atoms with Crippen LogP contribution >= 0.6 is 0 Å². The Morgan fingerprint density at radius 3 is 2.41 bits per heavy atom. The van der Waals surface area contributed by atoms with Crippen molar-refractivity contribution in [1.29, 1.82) is 0 Å². The van der Waals surface area contributed by atoms with Gasteiger partial charge in [-0.1, -0.05) is 57.5 Å². The fourth-order valence-electron chi connectivity index (χ4n) is 1.99. The number of aliphatic hydroxyl groups is 1. The molecule has 0 bridgehead atoms. The summed E-state index contributed by atoms with van der Waals surface area (Å²) in [4.78, 5) is 0. The maximum Gasteiger partial charge on any atom is 0.0720 e. The minimum Gasteiger partial charge on any atom is -0.396 e. The number of rotatable bonds is 7. The minimum absolute atomic E-state index is 0.130. The molecule has 2 nitrogen and oxygen atoms in total. The van der Waals surface area contributed by atoms with E-state index in [0.29, 0.717) is 12.5 Å². The van der Waals surface area contributed by atoms with E-state index in [2.05, 4.69) is 26.0 Å². The van der Waals surface area contributed by atoms with Crippen molar-refractivity contribution in [1.82, 2.24) is 0 Å². The first-order valence-corrected chi connectivity index (χ1v) is 6.45. The van der Waals surface area contributed by atoms with Crippen molar-refractivity contribution in [2.24, 2.45) is 11.8 Å². The zero-order valence-corrected chi connectivity index (χ0v) is 11.1. The van der Waals surface area contributed by atoms with Crippen molar-refractivity contribution in [2.45, 2.75) is 39.9 Å². The highest BCUT2D eigenvalue weighted by Gasteiger charge is 2.22. The van der Waals surface area contributed by atoms with E-state index < -0.39 is 0 Å². The number of benzene rings is 1. The summed E-state index contributed by atoms with van der Waals surface area (Å²) in [5.41, 5.74) is 1.19. The molecule has 1 aromatic rings. The summed E-state index contributed by atoms with van der Waals surface area (Å²) in [6.07, 6.45) is 1.20. The molecule has 0 saturated carbocycles. The van der Waals surface area contributed by atoms with Crippen LogP contribution in [0.3, 0.4) is 0 Å². The molecule has 3 atom stereocenters. The van der Waals surface area contributed by atoms with E-state index in [-0.39, 0.29) is 18.6 Å². The van der Waals surface area contributed by atoms with Crippen molar-refractivity contribution < 1.29 is 9.84 Å². The summed E-state index contributed by atoms with van der Waals surface area (Å²) < 4.78 is 5.97. The van der Waals surface area contributed by atoms with Crippen LogP contribution in [0.5, 0.6) is 0 Å². The van der Waals surface area contributed by atoms with E-state index in [1.54, 1.807) is 0 Å². The number of hydrogen-bond acceptors (Lipinski definition) is 2. The molecule has 0 spiro atoms. The van der Waals surface area contributed by atoms with Crippen LogP contribution in [0.4, 0.5) is 0 Å². The summed E-state index contributed by atoms with van der Waals surface area (Å²) >= 11 is 0. The van der Waals surface area contributed by atoms with Crippen molar-refractivity contribution in [2.75, 3.05) is 6.61 Å². The predicted octanol–water partition coefficient (Wildman–Crippen LogP) is 3.25. The molecular weight excluding hydrogens is 214 g/mol. The smallest absolute Gasteiger partial charge is 0.0720 e. The first-order chi connectivity index (χ1) is 8.19. The monoisotopic (exact) mass is 238 g/mol. The van der Waals surface area contributed by atoms with Gasteiger partial charge in [-0.15, -0.1) is 0 Å². The second-order valence-electron chi connectivity index (χ2n) is 4.81. The second kappa shape index (κ2) is 7.46. The second-order valence-corrected chi connectivity index (χ2v) is 4.81. The van der Waals surface area contributed by atoms with Crippen molar-refractivity contribution in [3.63, 3.8) is 0 Å². The van der Waals surface area contributed by atoms with Gasteiger partial charge in [-0.2, -0.15) is 0 Å². The van der Waals surface area contributed by atoms with Gasteiger partial charge in [0.1, 0.15) is 0 Å². The normalized spacial score (nSPS) is 16.5. The highest BCUT2D eigenvalue weighted by atomic mass is 16.5. The summed E-state index contributed by atoms with van der Waals surface area (Å²) in [5, 5.41) is 9.27. The van der Waals surface area contributed by atoms with Gasteiger partial charge in [-0.05, 0) is 11.5 Å². The molecule has 1 aromatic carbocycles. The van der Waals surface area contributed by atoms with Crippen LogP contribution in [-0.4, -0.2) is 17.8 Å². The molecule has 0 heterocycles. The fraction of sp³-hybridized carbons (Fsp3) is 0.600. The number of hydrogen-bond donors (Lipinski definition) is 1. The van der Waals surface area contributed by atoms with Gasteiger partial charge < -0.3 is 9.84 Å². The Hall–Kier alpha value is -0.860. The van der Waals surface area contributed by atoms with Crippen molar-refractivity contribution in [3.05, 3.63) is 35.9 Å². The first-order valence-electron chi connectivity index (χ1n) is 6.45. The molecule has 0 fully saturated rings. The van der Waals surface area contributed by atoms with E-state index in [1.807, 2.05) is 25.1 Å². The van der Waals surface area contributed by atoms with Gasteiger partial charge >= 0.3 is 0 Å². The van der Waals surface area contributed by atoms with E-state index in [0.717, 1.165) is 6.42 Å². The minimum atomic E-state index is 0.130. The SMILES string of the molecule is CC[C@H](C)[C@@H](OCc1ccccc1)[C@@H](C)[14CH2]O. The molecule has 0 aliphatic heterocycles. The maximum absolute atomic E-state index is 9.27. The van der Waals surface area contributed by atoms with E-state index in [4.69, 9.17) is 4.74 Å². The Labute approximate surface area is 105 Å². The summed E-state index contributed by atoms with van der Waals surface area (Å²) in [6, 6.07) is 10.2. The molecule has 0 unspecified atom stereocenters. The van der Waals surface area contributed by atoms with E-state index in [9.17, 15) is 5.11 Å². The highest BCUT2D eigenvalue weighted by Crippen LogP contribution is 2.21. The average molecular weight is 238 g/mol. The molecule has 96 valence electrons. The fourth-order valence-corrected chi connectivity index (χ4v) is 1.99. The zero-order valence-electron chi connectivity index (χ0n) is 11.1. The Balaban J connectivity index is 2.55. The Morgan fingerprint density at radius 1 is 1.24 bits per heavy atom. The van der Waals surface area contributed by atoms with Crippen molar-refractivity contribution in [3.8, 4) is 0 Å². The molecule has 0 aliphatic carbocycles. The quantitative estimate of drug-likeness (QED) is 0.790. The Morgan fingerprint density at radius 2 is 1.88 bits per heavy atom. The molecule has 0 aromatic heterocycles. The largest absolute Gasteiger partial charge is 0.396 e. The molecule has 0 amide bonds. The van der Waals surface area contributed by atoms with Gasteiger partial charge in [0.2, 0.25) is 0 Å². The van der Waals surface area contributed by atoms with Crippen LogP contribution < -0.4 is 0 Å². The molecule has 1 N–H and O–H groups in total. The zero-order chi connectivity index (χ0) is 12.7. The Kier molecular flexibility index (Phi) is 6.23. The van der Waals surface area contributed by atoms with Crippen LogP contribution in [0.15, 0.2) is 30.3 Å². The highest BCUT2D eigenvalue weighted by molar-refractivity contribution is 5.13. The van der Waals surface area contributed by atoms with Gasteiger partial charge in [0.05, 0.1) is 12.7 Å². The lowest BCUT2D eigenvalue weighted by atomic mass is 9.96. The molecule has 0 radical (unpaired) electrons. The third-order valence-electron chi connectivity index (χ3n) is 3.34. The lowest BCUT2D eigenvalue weighted by Crippen LogP contribution is -2.30. The van der Waals surface area contributed by atoms with Gasteiger partial charge in [0.25, 0.3) is 0 Å². The van der Waals surface area contributed by atoms with Gasteiger partial charge in [0, 0.05) is 12.5 Å². The van der Waals surface area contributed by atoms with Crippen LogP contribution in [0, 0.1) is 11.8 Å². The van der Waals surface area contributed by atoms with E-state index >= 15 is 0 Å². The molecule has 0 saturated heterocycles. The third kappa shape index (κ3) is 4.49. The number of aliphatic hydroxyl groups excluding tert-OH is 1. The molecule has 2 heteroatoms. The predicted molar refractivity (Wildman–Crippen MR) is 70.7 cm³/mol. The van der Waals surface area contributed by atoms with Gasteiger partial charge in [-0.25, -0.2) is 0 Å². The summed E-state index contributed by atoms with van der Waals surface area (Å²) in [5.74, 6) is 0.662. The van der Waals surface area contributed by atoms with Crippen molar-refractivity contribution >= 4 is 0 Å². The van der Waals surface area contributed by atoms with E-state index in [1.165, 1.54) is 5.56 Å². The lowest BCUT2D eigenvalue weighted by Gasteiger charge is -2.28. The molecule has 17 heavy (non-hydrogen) atoms.